The van der Waals surface area contributed by atoms with Gasteiger partial charge in [-0.3, -0.25) is 4.79 Å². The summed E-state index contributed by atoms with van der Waals surface area (Å²) < 4.78 is 15.3. The first-order valence-corrected chi connectivity index (χ1v) is 12.0. The van der Waals surface area contributed by atoms with E-state index in [-0.39, 0.29) is 11.7 Å². The quantitative estimate of drug-likeness (QED) is 0.600. The third-order valence-electron chi connectivity index (χ3n) is 7.23. The highest BCUT2D eigenvalue weighted by molar-refractivity contribution is 5.80. The molecule has 0 saturated carbocycles. The Bertz CT molecular complexity index is 1100. The van der Waals surface area contributed by atoms with E-state index in [1.165, 1.54) is 23.1 Å². The Balaban J connectivity index is 1.08. The van der Waals surface area contributed by atoms with Gasteiger partial charge in [-0.05, 0) is 74.3 Å². The molecule has 0 radical (unpaired) electrons. The van der Waals surface area contributed by atoms with Crippen LogP contribution in [0, 0.1) is 11.7 Å². The number of hydrogen-bond acceptors (Lipinski definition) is 4. The molecule has 3 aromatic rings. The van der Waals surface area contributed by atoms with Crippen molar-refractivity contribution in [3.63, 3.8) is 0 Å². The molecule has 1 aromatic carbocycles. The third kappa shape index (κ3) is 4.74. The smallest absolute Gasteiger partial charge is 0.225 e. The Kier molecular flexibility index (Phi) is 6.31. The van der Waals surface area contributed by atoms with E-state index in [0.717, 1.165) is 76.4 Å². The Morgan fingerprint density at radius 2 is 1.76 bits per heavy atom. The number of likely N-dealkylation sites (tertiary alicyclic amines) is 1. The van der Waals surface area contributed by atoms with Gasteiger partial charge in [0.1, 0.15) is 11.5 Å². The van der Waals surface area contributed by atoms with Crippen molar-refractivity contribution in [3.05, 3.63) is 60.2 Å². The number of fused-ring (bicyclic) bond motifs is 1. The van der Waals surface area contributed by atoms with Gasteiger partial charge in [-0.25, -0.2) is 9.37 Å². The molecule has 0 atom stereocenters. The summed E-state index contributed by atoms with van der Waals surface area (Å²) in [6, 6.07) is 10.8. The summed E-state index contributed by atoms with van der Waals surface area (Å²) in [5, 5.41) is 1.24. The monoisotopic (exact) mass is 449 g/mol. The first-order chi connectivity index (χ1) is 16.1. The number of piperazine rings is 1. The van der Waals surface area contributed by atoms with Crippen LogP contribution in [0.1, 0.15) is 18.4 Å². The summed E-state index contributed by atoms with van der Waals surface area (Å²) in [4.78, 5) is 24.3. The number of anilines is 1. The Morgan fingerprint density at radius 1 is 1.03 bits per heavy atom. The van der Waals surface area contributed by atoms with E-state index >= 15 is 0 Å². The van der Waals surface area contributed by atoms with Gasteiger partial charge in [-0.15, -0.1) is 0 Å². The molecule has 2 aliphatic rings. The zero-order valence-electron chi connectivity index (χ0n) is 19.3. The van der Waals surface area contributed by atoms with Crippen LogP contribution in [0.5, 0.6) is 0 Å². The molecule has 0 N–H and O–H groups in total. The van der Waals surface area contributed by atoms with E-state index in [9.17, 15) is 9.18 Å². The maximum atomic E-state index is 13.2. The maximum Gasteiger partial charge on any atom is 0.225 e. The van der Waals surface area contributed by atoms with Crippen molar-refractivity contribution < 1.29 is 9.18 Å². The average molecular weight is 450 g/mol. The van der Waals surface area contributed by atoms with Crippen molar-refractivity contribution in [1.29, 1.82) is 0 Å². The molecule has 2 saturated heterocycles. The molecular formula is C26H32FN5O. The second-order valence-electron chi connectivity index (χ2n) is 9.29. The molecule has 6 nitrogen and oxygen atoms in total. The van der Waals surface area contributed by atoms with Crippen molar-refractivity contribution >= 4 is 22.6 Å². The van der Waals surface area contributed by atoms with Crippen molar-refractivity contribution in [2.75, 3.05) is 50.7 Å². The highest BCUT2D eigenvalue weighted by Gasteiger charge is 2.30. The normalized spacial score (nSPS) is 18.2. The van der Waals surface area contributed by atoms with Crippen molar-refractivity contribution in [2.24, 2.45) is 13.0 Å². The largest absolute Gasteiger partial charge is 0.368 e. The maximum absolute atomic E-state index is 13.2. The molecule has 2 fully saturated rings. The molecule has 0 aliphatic carbocycles. The molecule has 174 valence electrons. The molecule has 0 bridgehead atoms. The van der Waals surface area contributed by atoms with Crippen molar-refractivity contribution in [1.82, 2.24) is 19.4 Å². The molecule has 1 amide bonds. The second-order valence-corrected chi connectivity index (χ2v) is 9.29. The lowest BCUT2D eigenvalue weighted by molar-refractivity contribution is -0.137. The van der Waals surface area contributed by atoms with Crippen LogP contribution in [-0.2, 0) is 18.3 Å². The fourth-order valence-corrected chi connectivity index (χ4v) is 5.27. The zero-order chi connectivity index (χ0) is 22.8. The number of amides is 1. The Labute approximate surface area is 194 Å². The summed E-state index contributed by atoms with van der Waals surface area (Å²) in [5.41, 5.74) is 3.41. The van der Waals surface area contributed by atoms with Gasteiger partial charge in [0, 0.05) is 69.2 Å². The van der Waals surface area contributed by atoms with Gasteiger partial charge in [0.2, 0.25) is 5.91 Å². The zero-order valence-corrected chi connectivity index (χ0v) is 19.3. The van der Waals surface area contributed by atoms with Crippen LogP contribution in [-0.4, -0.2) is 71.1 Å². The lowest BCUT2D eigenvalue weighted by Crippen LogP contribution is -2.51. The van der Waals surface area contributed by atoms with Gasteiger partial charge in [-0.1, -0.05) is 0 Å². The number of aryl methyl sites for hydroxylation is 1. The minimum absolute atomic E-state index is 0.139. The Hall–Kier alpha value is -2.93. The minimum Gasteiger partial charge on any atom is -0.368 e. The fraction of sp³-hybridized carbons (Fsp3) is 0.462. The number of benzene rings is 1. The van der Waals surface area contributed by atoms with Crippen LogP contribution >= 0.6 is 0 Å². The van der Waals surface area contributed by atoms with Crippen LogP contribution < -0.4 is 4.90 Å². The van der Waals surface area contributed by atoms with E-state index in [4.69, 9.17) is 0 Å². The van der Waals surface area contributed by atoms with Crippen molar-refractivity contribution in [2.45, 2.75) is 19.3 Å². The third-order valence-corrected chi connectivity index (χ3v) is 7.23. The number of carbonyl (C=O) groups excluding carboxylic acids is 1. The van der Waals surface area contributed by atoms with E-state index in [1.54, 1.807) is 0 Å². The molecule has 0 spiro atoms. The van der Waals surface area contributed by atoms with E-state index in [1.807, 2.05) is 29.3 Å². The second kappa shape index (κ2) is 9.51. The van der Waals surface area contributed by atoms with Crippen molar-refractivity contribution in [3.8, 4) is 0 Å². The summed E-state index contributed by atoms with van der Waals surface area (Å²) in [7, 11) is 2.05. The van der Waals surface area contributed by atoms with Gasteiger partial charge in [0.25, 0.3) is 0 Å². The standard InChI is InChI=1S/C26H32FN5O/c1-29-19-21(24-3-2-11-28-25(24)29)10-14-30-12-8-20(9-13-30)26(33)32-17-15-31(16-18-32)23-6-4-22(27)5-7-23/h2-7,11,19-20H,8-10,12-18H2,1H3. The number of rotatable bonds is 5. The van der Waals surface area contributed by atoms with E-state index in [2.05, 4.69) is 38.7 Å². The van der Waals surface area contributed by atoms with Gasteiger partial charge in [0.05, 0.1) is 0 Å². The van der Waals surface area contributed by atoms with Crippen LogP contribution in [0.2, 0.25) is 0 Å². The minimum atomic E-state index is -0.215. The molecule has 5 rings (SSSR count). The van der Waals surface area contributed by atoms with Crippen LogP contribution in [0.3, 0.4) is 0 Å². The number of nitrogens with zero attached hydrogens (tertiary/aromatic N) is 5. The predicted molar refractivity (Wildman–Crippen MR) is 129 cm³/mol. The number of halogens is 1. The molecule has 33 heavy (non-hydrogen) atoms. The first kappa shape index (κ1) is 21.9. The van der Waals surface area contributed by atoms with Crippen LogP contribution in [0.4, 0.5) is 10.1 Å². The average Bonchev–Trinajstić information content (AvgIpc) is 3.19. The molecular weight excluding hydrogens is 417 g/mol. The van der Waals surface area contributed by atoms with E-state index in [0.29, 0.717) is 5.91 Å². The lowest BCUT2D eigenvalue weighted by atomic mass is 9.94. The lowest BCUT2D eigenvalue weighted by Gasteiger charge is -2.39. The number of pyridine rings is 1. The number of carbonyl (C=O) groups is 1. The van der Waals surface area contributed by atoms with Gasteiger partial charge in [0.15, 0.2) is 0 Å². The fourth-order valence-electron chi connectivity index (χ4n) is 5.27. The van der Waals surface area contributed by atoms with Gasteiger partial charge < -0.3 is 19.3 Å². The summed E-state index contributed by atoms with van der Waals surface area (Å²) >= 11 is 0. The summed E-state index contributed by atoms with van der Waals surface area (Å²) in [5.74, 6) is 0.238. The van der Waals surface area contributed by atoms with Crippen LogP contribution in [0.25, 0.3) is 11.0 Å². The summed E-state index contributed by atoms with van der Waals surface area (Å²) in [6.07, 6.45) is 6.92. The topological polar surface area (TPSA) is 44.6 Å². The highest BCUT2D eigenvalue weighted by atomic mass is 19.1. The molecule has 4 heterocycles. The SMILES string of the molecule is Cn1cc(CCN2CCC(C(=O)N3CCN(c4ccc(F)cc4)CC3)CC2)c2cccnc21. The predicted octanol–water partition coefficient (Wildman–Crippen LogP) is 3.32. The first-order valence-electron chi connectivity index (χ1n) is 12.0. The molecule has 0 unspecified atom stereocenters. The van der Waals surface area contributed by atoms with E-state index < -0.39 is 0 Å². The molecule has 2 aromatic heterocycles. The highest BCUT2D eigenvalue weighted by Crippen LogP contribution is 2.24. The van der Waals surface area contributed by atoms with Crippen LogP contribution in [0.15, 0.2) is 48.8 Å². The van der Waals surface area contributed by atoms with Gasteiger partial charge in [-0.2, -0.15) is 0 Å². The number of aromatic nitrogens is 2. The number of piperidine rings is 1. The Morgan fingerprint density at radius 3 is 2.48 bits per heavy atom. The molecule has 2 aliphatic heterocycles. The molecule has 7 heteroatoms. The summed E-state index contributed by atoms with van der Waals surface area (Å²) in [6.45, 7) is 6.07. The van der Waals surface area contributed by atoms with Gasteiger partial charge >= 0.3 is 0 Å². The number of hydrogen-bond donors (Lipinski definition) is 0.